The Bertz CT molecular complexity index is 6780. The van der Waals surface area contributed by atoms with E-state index in [1.165, 1.54) is 25.0 Å². The molecule has 754 valence electrons. The number of nitrogens with zero attached hydrogens (tertiary/aromatic N) is 24. The van der Waals surface area contributed by atoms with Gasteiger partial charge in [-0.1, -0.05) is 75.2 Å². The smallest absolute Gasteiger partial charge is 0.451 e. The van der Waals surface area contributed by atoms with E-state index in [9.17, 15) is 80.6 Å². The maximum Gasteiger partial charge on any atom is 0.451 e. The molecule has 4 amide bonds. The average molecular weight is 2020 g/mol. The van der Waals surface area contributed by atoms with Gasteiger partial charge in [-0.05, 0) is 155 Å². The highest BCUT2D eigenvalue weighted by molar-refractivity contribution is 6.34. The number of anilines is 4. The SMILES string of the molecule is C[C@@H]1CN(c2c(Cl)cnc3cc(OCC4CC4)ccc23)CC[C@@H]1C(=O)N1CCn2c(nnc2C(F)(F)F)C1.Cc1cc(N2CC[C@H](C(=O)N3CCn4c(nnc4C(F)(F)F)C3)[C@H](C)C2)c2cc(Cl)ccc2n1.Cc1ccc2c(N3CC[C@H](C(=O)N4CCn5c(nnc5C(F)(F)F)C4)[C@H](C)C3)ccnc2c1.Cc1cnc2cc(C(C)(F)F)ccc2c1N1CC[C@H](C(=O)N2CCn3c(nnc3C(F)(F)F)C2)[C@H](C)C1. The molecule has 0 bridgehead atoms. The van der Waals surface area contributed by atoms with Gasteiger partial charge >= 0.3 is 24.7 Å². The molecule has 21 rings (SSSR count). The Labute approximate surface area is 816 Å². The summed E-state index contributed by atoms with van der Waals surface area (Å²) in [5, 5.41) is 32.9. The van der Waals surface area contributed by atoms with Crippen molar-refractivity contribution < 1.29 is 85.4 Å². The Morgan fingerprint density at radius 3 is 1.23 bits per heavy atom. The first-order valence-corrected chi connectivity index (χ1v) is 48.2. The van der Waals surface area contributed by atoms with Crippen LogP contribution in [0.15, 0.2) is 104 Å². The molecule has 29 nitrogen and oxygen atoms in total. The summed E-state index contributed by atoms with van der Waals surface area (Å²) in [7, 11) is 0. The number of pyridine rings is 4. The van der Waals surface area contributed by atoms with Crippen LogP contribution in [-0.4, -0.2) is 207 Å². The van der Waals surface area contributed by atoms with Crippen LogP contribution in [0, 0.1) is 74.0 Å². The molecule has 4 saturated heterocycles. The molecule has 45 heteroatoms. The summed E-state index contributed by atoms with van der Waals surface area (Å²) in [6.45, 7) is 21.9. The molecule has 0 N–H and O–H groups in total. The molecular formula is C97H104Cl2F14N24O5. The van der Waals surface area contributed by atoms with Crippen molar-refractivity contribution in [2.75, 3.05) is 105 Å². The molecule has 16 heterocycles. The third kappa shape index (κ3) is 20.8. The van der Waals surface area contributed by atoms with Crippen LogP contribution >= 0.6 is 23.2 Å². The second-order valence-corrected chi connectivity index (χ2v) is 39.6. The summed E-state index contributed by atoms with van der Waals surface area (Å²) in [6.07, 6.45) is -8.15. The lowest BCUT2D eigenvalue weighted by molar-refractivity contribution is -0.149. The first-order chi connectivity index (χ1) is 67.4. The summed E-state index contributed by atoms with van der Waals surface area (Å²) in [4.78, 5) is 86.8. The summed E-state index contributed by atoms with van der Waals surface area (Å²) < 4.78 is 195. The van der Waals surface area contributed by atoms with E-state index in [-0.39, 0.29) is 178 Å². The van der Waals surface area contributed by atoms with Gasteiger partial charge < -0.3 is 62.2 Å². The lowest BCUT2D eigenvalue weighted by atomic mass is 9.85. The molecule has 8 aliphatic heterocycles. The van der Waals surface area contributed by atoms with Crippen LogP contribution in [0.1, 0.15) is 142 Å². The number of rotatable bonds is 12. The number of benzene rings is 4. The number of hydrogen-bond acceptors (Lipinski definition) is 21. The second kappa shape index (κ2) is 39.4. The molecule has 4 aromatic carbocycles. The van der Waals surface area contributed by atoms with Gasteiger partial charge in [0.1, 0.15) is 5.75 Å². The third-order valence-electron chi connectivity index (χ3n) is 28.7. The van der Waals surface area contributed by atoms with Gasteiger partial charge in [-0.25, -0.2) is 8.78 Å². The minimum Gasteiger partial charge on any atom is -0.493 e. The van der Waals surface area contributed by atoms with Crippen LogP contribution in [0.2, 0.25) is 10.0 Å². The van der Waals surface area contributed by atoms with Gasteiger partial charge in [0.15, 0.2) is 23.3 Å². The molecular weight excluding hydrogens is 1920 g/mol. The van der Waals surface area contributed by atoms with Gasteiger partial charge in [-0.2, -0.15) is 52.7 Å². The fourth-order valence-corrected chi connectivity index (χ4v) is 21.6. The summed E-state index contributed by atoms with van der Waals surface area (Å²) in [5.41, 5.74) is 9.98. The van der Waals surface area contributed by atoms with E-state index in [0.29, 0.717) is 86.4 Å². The van der Waals surface area contributed by atoms with Crippen molar-refractivity contribution in [1.82, 2.24) is 98.6 Å². The van der Waals surface area contributed by atoms with E-state index < -0.39 is 53.9 Å². The van der Waals surface area contributed by atoms with E-state index >= 15 is 0 Å². The molecule has 0 unspecified atom stereocenters. The Hall–Kier alpha value is -12.4. The van der Waals surface area contributed by atoms with Crippen molar-refractivity contribution in [1.29, 1.82) is 0 Å². The van der Waals surface area contributed by atoms with Crippen LogP contribution in [0.5, 0.6) is 5.75 Å². The normalized spacial score (nSPS) is 21.4. The van der Waals surface area contributed by atoms with Crippen molar-refractivity contribution in [3.05, 3.63) is 183 Å². The highest BCUT2D eigenvalue weighted by atomic mass is 35.5. The van der Waals surface area contributed by atoms with Crippen molar-refractivity contribution in [3.63, 3.8) is 0 Å². The standard InChI is InChI=1S/C26H28ClF3N6O2.C25H27F5N6O.C23H24ClF3N6O.C23H25F3N6O/c1-15-12-34(23-19-5-4-17(38-14-16-2-3-16)10-21(19)31-11-20(23)27)7-6-18(15)24(37)35-8-9-36-22(13-35)32-33-25(36)26(28,29)30;1-14-11-31-19-10-16(24(3,26)27)4-5-18(19)21(14)34-7-6-17(15(2)12-34)22(37)35-8-9-36-20(13-35)32-33-23(36)25(28,29)30;1-13-11-31(19-9-14(2)28-18-4-3-15(24)10-17(18)19)6-5-16(13)21(34)32-7-8-33-20(12-32)29-30-22(33)23(25,26)27;1-14-3-4-17-18(11-14)27-7-5-19(17)30-8-6-16(15(2)12-30)21(33)31-9-10-32-20(13-31)28-29-22(32)23(24,25)26/h4-5,10-11,15-16,18H,2-3,6-9,12-14H2,1H3;4-5,10-11,15,17H,6-9,12-13H2,1-3H3;3-4,9-10,13,16H,5-8,11-12H2,1-2H3;3-5,7,11,15-16H,6,8-10,12-13H2,1-2H3/t15-,18+;15-,17+;13-,16+;15-,16+/m1111/s1. The number of carbonyl (C=O) groups excluding carboxylic acids is 4. The van der Waals surface area contributed by atoms with Gasteiger partial charge in [0.2, 0.25) is 46.9 Å². The van der Waals surface area contributed by atoms with Gasteiger partial charge in [-0.3, -0.25) is 39.1 Å². The average Bonchev–Trinajstić information content (AvgIpc) is 1.35. The zero-order valence-corrected chi connectivity index (χ0v) is 80.4. The van der Waals surface area contributed by atoms with E-state index in [4.69, 9.17) is 27.9 Å². The first kappa shape index (κ1) is 99.7. The first-order valence-electron chi connectivity index (χ1n) is 47.4. The number of alkyl halides is 14. The van der Waals surface area contributed by atoms with E-state index in [1.807, 2.05) is 96.3 Å². The number of amides is 4. The number of fused-ring (bicyclic) bond motifs is 8. The van der Waals surface area contributed by atoms with Gasteiger partial charge in [0.05, 0.1) is 71.3 Å². The van der Waals surface area contributed by atoms with Crippen molar-refractivity contribution >= 4 is 113 Å². The fourth-order valence-electron chi connectivity index (χ4n) is 21.2. The molecule has 1 aliphatic carbocycles. The monoisotopic (exact) mass is 2020 g/mol. The fraction of sp³-hybridized carbons (Fsp3) is 0.505. The van der Waals surface area contributed by atoms with Crippen molar-refractivity contribution in [2.24, 2.45) is 53.3 Å². The molecule has 0 spiro atoms. The molecule has 9 aliphatic rings. The number of aromatic nitrogens is 16. The lowest BCUT2D eigenvalue weighted by Gasteiger charge is -2.41. The molecule has 5 fully saturated rings. The van der Waals surface area contributed by atoms with Crippen LogP contribution in [0.25, 0.3) is 43.6 Å². The number of ether oxygens (including phenoxy) is 1. The minimum atomic E-state index is -4.59. The predicted octanol–water partition coefficient (Wildman–Crippen LogP) is 17.5. The van der Waals surface area contributed by atoms with Gasteiger partial charge in [0, 0.05) is 209 Å². The maximum atomic E-state index is 13.8. The van der Waals surface area contributed by atoms with E-state index in [2.05, 4.69) is 105 Å². The summed E-state index contributed by atoms with van der Waals surface area (Å²) in [5.74, 6) is -5.85. The number of carbonyl (C=O) groups is 4. The summed E-state index contributed by atoms with van der Waals surface area (Å²) >= 11 is 12.9. The highest BCUT2D eigenvalue weighted by Gasteiger charge is 2.48. The zero-order chi connectivity index (χ0) is 101. The zero-order valence-electron chi connectivity index (χ0n) is 78.9. The van der Waals surface area contributed by atoms with Crippen molar-refractivity contribution in [3.8, 4) is 5.75 Å². The predicted molar refractivity (Wildman–Crippen MR) is 499 cm³/mol. The quantitative estimate of drug-likeness (QED) is 0.103. The number of hydrogen-bond donors (Lipinski definition) is 0. The molecule has 142 heavy (non-hydrogen) atoms. The van der Waals surface area contributed by atoms with E-state index in [0.717, 1.165) is 128 Å². The Balaban J connectivity index is 0.000000125. The third-order valence-corrected chi connectivity index (χ3v) is 29.2. The Morgan fingerprint density at radius 2 is 0.789 bits per heavy atom. The molecule has 1 saturated carbocycles. The topological polar surface area (TPSA) is 278 Å². The molecule has 0 radical (unpaired) electrons. The van der Waals surface area contributed by atoms with Crippen molar-refractivity contribution in [2.45, 2.75) is 177 Å². The maximum absolute atomic E-state index is 13.8. The van der Waals surface area contributed by atoms with Gasteiger partial charge in [0.25, 0.3) is 5.92 Å². The Kier molecular flexibility index (Phi) is 27.6. The van der Waals surface area contributed by atoms with Crippen LogP contribution in [0.3, 0.4) is 0 Å². The van der Waals surface area contributed by atoms with Gasteiger partial charge in [-0.15, -0.1) is 40.8 Å². The summed E-state index contributed by atoms with van der Waals surface area (Å²) in [6, 6.07) is 26.3. The largest absolute Gasteiger partial charge is 0.493 e. The van der Waals surface area contributed by atoms with E-state index in [1.54, 1.807) is 38.1 Å². The lowest BCUT2D eigenvalue weighted by Crippen LogP contribution is -2.49. The second-order valence-electron chi connectivity index (χ2n) is 38.8. The molecule has 12 aromatic rings. The Morgan fingerprint density at radius 1 is 0.387 bits per heavy atom. The number of piperidine rings is 4. The van der Waals surface area contributed by atoms with Crippen LogP contribution < -0.4 is 24.3 Å². The molecule has 8 aromatic heterocycles. The highest BCUT2D eigenvalue weighted by Crippen LogP contribution is 2.46. The minimum absolute atomic E-state index is 0.00284. The molecule has 8 atom stereocenters. The van der Waals surface area contributed by atoms with Crippen LogP contribution in [-0.2, 0) is 102 Å². The number of halogens is 16. The number of aryl methyl sites for hydroxylation is 3. The van der Waals surface area contributed by atoms with Crippen LogP contribution in [0.4, 0.5) is 84.2 Å².